The predicted octanol–water partition coefficient (Wildman–Crippen LogP) is 5.23. The van der Waals surface area contributed by atoms with E-state index in [-0.39, 0.29) is 24.6 Å². The van der Waals surface area contributed by atoms with Crippen LogP contribution >= 0.6 is 0 Å². The first kappa shape index (κ1) is 23.2. The molecule has 0 saturated carbocycles. The number of nitrogens with one attached hydrogen (secondary N) is 1. The van der Waals surface area contributed by atoms with E-state index in [2.05, 4.69) is 5.32 Å². The largest absolute Gasteiger partial charge is 0.478 e. The Morgan fingerprint density at radius 3 is 2.18 bits per heavy atom. The van der Waals surface area contributed by atoms with Crippen molar-refractivity contribution in [3.05, 3.63) is 89.2 Å². The van der Waals surface area contributed by atoms with Crippen molar-refractivity contribution in [2.75, 3.05) is 11.9 Å². The van der Waals surface area contributed by atoms with E-state index in [9.17, 15) is 23.9 Å². The smallest absolute Gasteiger partial charge is 0.340 e. The molecule has 0 fully saturated rings. The van der Waals surface area contributed by atoms with Gasteiger partial charge in [-0.05, 0) is 40.8 Å². The van der Waals surface area contributed by atoms with Gasteiger partial charge in [-0.2, -0.15) is 0 Å². The van der Waals surface area contributed by atoms with Gasteiger partial charge in [0.25, 0.3) is 0 Å². The van der Waals surface area contributed by atoms with E-state index >= 15 is 0 Å². The number of hydrogen-bond donors (Lipinski definition) is 2. The number of aromatic carboxylic acids is 1. The zero-order valence-corrected chi connectivity index (χ0v) is 18.6. The number of halogens is 1. The lowest BCUT2D eigenvalue weighted by Gasteiger charge is -2.17. The van der Waals surface area contributed by atoms with E-state index < -0.39 is 35.1 Å². The van der Waals surface area contributed by atoms with Crippen LogP contribution < -0.4 is 5.32 Å². The molecular formula is C27H24FNO5. The number of esters is 1. The van der Waals surface area contributed by atoms with Crippen LogP contribution in [0.25, 0.3) is 11.1 Å². The Hall–Kier alpha value is -4.00. The molecule has 0 saturated heterocycles. The standard InChI is InChI=1S/C27H24FNO5/c1-2-16(26(31)29-23-13-7-12-22(28)25(23)27(32)33)14-24(30)34-15-21-19-10-5-3-8-17(19)18-9-4-6-11-20(18)21/h3-13,16,21H,2,14-15H2,1H3,(H,29,31)(H,32,33)/t16-/m1/s1. The average Bonchev–Trinajstić information content (AvgIpc) is 3.14. The highest BCUT2D eigenvalue weighted by molar-refractivity contribution is 6.02. The summed E-state index contributed by atoms with van der Waals surface area (Å²) in [6, 6.07) is 19.6. The number of amides is 1. The molecule has 3 aromatic carbocycles. The molecule has 6 nitrogen and oxygen atoms in total. The molecule has 3 aromatic rings. The van der Waals surface area contributed by atoms with Crippen molar-refractivity contribution in [3.8, 4) is 11.1 Å². The van der Waals surface area contributed by atoms with Gasteiger partial charge in [0, 0.05) is 11.8 Å². The second-order valence-electron chi connectivity index (χ2n) is 8.18. The average molecular weight is 461 g/mol. The van der Waals surface area contributed by atoms with E-state index in [1.165, 1.54) is 12.1 Å². The van der Waals surface area contributed by atoms with Gasteiger partial charge in [-0.3, -0.25) is 9.59 Å². The summed E-state index contributed by atoms with van der Waals surface area (Å²) in [6.07, 6.45) is 0.157. The van der Waals surface area contributed by atoms with Gasteiger partial charge in [-0.25, -0.2) is 9.18 Å². The lowest BCUT2D eigenvalue weighted by molar-refractivity contribution is -0.146. The molecule has 34 heavy (non-hydrogen) atoms. The van der Waals surface area contributed by atoms with E-state index in [0.29, 0.717) is 6.42 Å². The summed E-state index contributed by atoms with van der Waals surface area (Å²) < 4.78 is 19.5. The van der Waals surface area contributed by atoms with Crippen LogP contribution in [-0.2, 0) is 14.3 Å². The highest BCUT2D eigenvalue weighted by Gasteiger charge is 2.30. The van der Waals surface area contributed by atoms with E-state index in [1.807, 2.05) is 48.5 Å². The van der Waals surface area contributed by atoms with Gasteiger partial charge < -0.3 is 15.2 Å². The minimum Gasteiger partial charge on any atom is -0.478 e. The zero-order chi connectivity index (χ0) is 24.2. The first-order valence-electron chi connectivity index (χ1n) is 11.1. The van der Waals surface area contributed by atoms with Crippen LogP contribution in [-0.4, -0.2) is 29.6 Å². The van der Waals surface area contributed by atoms with Crippen LogP contribution in [0.5, 0.6) is 0 Å². The van der Waals surface area contributed by atoms with Crippen LogP contribution in [0.1, 0.15) is 47.2 Å². The summed E-state index contributed by atoms with van der Waals surface area (Å²) in [6.45, 7) is 1.89. The number of carbonyl (C=O) groups is 3. The Kier molecular flexibility index (Phi) is 6.72. The van der Waals surface area contributed by atoms with E-state index in [1.54, 1.807) is 6.92 Å². The Bertz CT molecular complexity index is 1210. The zero-order valence-electron chi connectivity index (χ0n) is 18.6. The number of rotatable bonds is 8. The SMILES string of the molecule is CC[C@H](CC(=O)OCC1c2ccccc2-c2ccccc21)C(=O)Nc1cccc(F)c1C(=O)O. The second kappa shape index (κ2) is 9.87. The molecule has 0 radical (unpaired) electrons. The fourth-order valence-electron chi connectivity index (χ4n) is 4.38. The van der Waals surface area contributed by atoms with Gasteiger partial charge >= 0.3 is 11.9 Å². The molecule has 0 bridgehead atoms. The third-order valence-electron chi connectivity index (χ3n) is 6.14. The van der Waals surface area contributed by atoms with E-state index in [4.69, 9.17) is 4.74 Å². The summed E-state index contributed by atoms with van der Waals surface area (Å²) >= 11 is 0. The number of benzene rings is 3. The first-order valence-corrected chi connectivity index (χ1v) is 11.1. The van der Waals surface area contributed by atoms with Crippen molar-refractivity contribution in [3.63, 3.8) is 0 Å². The molecule has 174 valence electrons. The van der Waals surface area contributed by atoms with Gasteiger partial charge in [0.15, 0.2) is 0 Å². The first-order chi connectivity index (χ1) is 16.4. The molecule has 0 aromatic heterocycles. The Balaban J connectivity index is 1.42. The summed E-state index contributed by atoms with van der Waals surface area (Å²) in [5.74, 6) is -4.37. The van der Waals surface area contributed by atoms with Crippen molar-refractivity contribution in [1.82, 2.24) is 0 Å². The molecule has 1 atom stereocenters. The van der Waals surface area contributed by atoms with Gasteiger partial charge in [0.2, 0.25) is 5.91 Å². The number of anilines is 1. The van der Waals surface area contributed by atoms with Crippen molar-refractivity contribution in [2.24, 2.45) is 5.92 Å². The third kappa shape index (κ3) is 4.55. The van der Waals surface area contributed by atoms with Crippen molar-refractivity contribution >= 4 is 23.5 Å². The minimum atomic E-state index is -1.49. The lowest BCUT2D eigenvalue weighted by Crippen LogP contribution is -2.27. The number of hydrogen-bond acceptors (Lipinski definition) is 4. The molecule has 1 aliphatic rings. The van der Waals surface area contributed by atoms with Gasteiger partial charge in [-0.15, -0.1) is 0 Å². The Morgan fingerprint density at radius 2 is 1.59 bits per heavy atom. The van der Waals surface area contributed by atoms with Crippen molar-refractivity contribution in [1.29, 1.82) is 0 Å². The number of carboxylic acids is 1. The molecule has 0 spiro atoms. The normalized spacial score (nSPS) is 13.0. The Labute approximate surface area is 196 Å². The number of carboxylic acid groups (broad SMARTS) is 1. The van der Waals surface area contributed by atoms with Gasteiger partial charge in [-0.1, -0.05) is 61.5 Å². The van der Waals surface area contributed by atoms with Crippen LogP contribution in [0.3, 0.4) is 0 Å². The molecule has 0 heterocycles. The summed E-state index contributed by atoms with van der Waals surface area (Å²) in [4.78, 5) is 36.7. The van der Waals surface area contributed by atoms with Gasteiger partial charge in [0.1, 0.15) is 18.0 Å². The van der Waals surface area contributed by atoms with Crippen molar-refractivity contribution < 1.29 is 28.6 Å². The summed E-state index contributed by atoms with van der Waals surface area (Å²) in [5.41, 5.74) is 3.65. The molecular weight excluding hydrogens is 437 g/mol. The molecule has 1 amide bonds. The number of ether oxygens (including phenoxy) is 1. The maximum Gasteiger partial charge on any atom is 0.340 e. The van der Waals surface area contributed by atoms with Crippen LogP contribution in [0.15, 0.2) is 66.7 Å². The quantitative estimate of drug-likeness (QED) is 0.448. The van der Waals surface area contributed by atoms with E-state index in [0.717, 1.165) is 28.3 Å². The van der Waals surface area contributed by atoms with Crippen LogP contribution in [0.2, 0.25) is 0 Å². The maximum atomic E-state index is 13.9. The lowest BCUT2D eigenvalue weighted by atomic mass is 9.98. The number of carbonyl (C=O) groups excluding carboxylic acids is 2. The third-order valence-corrected chi connectivity index (χ3v) is 6.14. The molecule has 2 N–H and O–H groups in total. The number of fused-ring (bicyclic) bond motifs is 3. The molecule has 0 unspecified atom stereocenters. The van der Waals surface area contributed by atoms with Crippen LogP contribution in [0.4, 0.5) is 10.1 Å². The summed E-state index contributed by atoms with van der Waals surface area (Å²) in [5, 5.41) is 11.7. The highest BCUT2D eigenvalue weighted by Crippen LogP contribution is 2.44. The fourth-order valence-corrected chi connectivity index (χ4v) is 4.38. The summed E-state index contributed by atoms with van der Waals surface area (Å²) in [7, 11) is 0. The molecule has 0 aliphatic heterocycles. The highest BCUT2D eigenvalue weighted by atomic mass is 19.1. The predicted molar refractivity (Wildman–Crippen MR) is 125 cm³/mol. The molecule has 7 heteroatoms. The van der Waals surface area contributed by atoms with Crippen LogP contribution in [0, 0.1) is 11.7 Å². The van der Waals surface area contributed by atoms with Crippen molar-refractivity contribution in [2.45, 2.75) is 25.7 Å². The maximum absolute atomic E-state index is 13.9. The molecule has 4 rings (SSSR count). The fraction of sp³-hybridized carbons (Fsp3) is 0.222. The minimum absolute atomic E-state index is 0.0873. The Morgan fingerprint density at radius 1 is 0.971 bits per heavy atom. The van der Waals surface area contributed by atoms with Gasteiger partial charge in [0.05, 0.1) is 12.1 Å². The topological polar surface area (TPSA) is 92.7 Å². The second-order valence-corrected chi connectivity index (χ2v) is 8.18. The monoisotopic (exact) mass is 461 g/mol. The molecule has 1 aliphatic carbocycles.